The molecule has 156 valence electrons. The molecule has 28 heavy (non-hydrogen) atoms. The smallest absolute Gasteiger partial charge is 0.306 e. The largest absolute Gasteiger partial charge is 0.550 e. The third kappa shape index (κ3) is 3.19. The Bertz CT molecular complexity index is 672. The summed E-state index contributed by atoms with van der Waals surface area (Å²) in [5, 5.41) is 10.6. The summed E-state index contributed by atoms with van der Waals surface area (Å²) in [6.45, 7) is 4.73. The third-order valence-electron chi connectivity index (χ3n) is 9.20. The molecule has 7 atom stereocenters. The molecular weight excluding hydrogens is 356 g/mol. The summed E-state index contributed by atoms with van der Waals surface area (Å²) in [7, 11) is 0. The highest BCUT2D eigenvalue weighted by Crippen LogP contribution is 2.66. The highest BCUT2D eigenvalue weighted by molar-refractivity contribution is 5.79. The summed E-state index contributed by atoms with van der Waals surface area (Å²) < 4.78 is 5.79. The van der Waals surface area contributed by atoms with Gasteiger partial charge in [0.25, 0.3) is 0 Å². The quantitative estimate of drug-likeness (QED) is 0.690. The van der Waals surface area contributed by atoms with Crippen molar-refractivity contribution in [2.24, 2.45) is 34.5 Å². The van der Waals surface area contributed by atoms with E-state index in [1.54, 1.807) is 0 Å². The number of carbonyl (C=O) groups excluding carboxylic acids is 3. The van der Waals surface area contributed by atoms with E-state index in [2.05, 4.69) is 13.8 Å². The lowest BCUT2D eigenvalue weighted by molar-refractivity contribution is -0.305. The number of rotatable bonds is 4. The number of carboxylic acids is 1. The van der Waals surface area contributed by atoms with Gasteiger partial charge >= 0.3 is 5.97 Å². The van der Waals surface area contributed by atoms with Gasteiger partial charge in [-0.1, -0.05) is 13.8 Å². The summed E-state index contributed by atoms with van der Waals surface area (Å²) in [6.07, 6.45) is 8.67. The minimum atomic E-state index is -1.20. The Hall–Kier alpha value is -1.39. The fraction of sp³-hybridized carbons (Fsp3) is 0.870. The molecule has 4 fully saturated rings. The fourth-order valence-corrected chi connectivity index (χ4v) is 7.61. The third-order valence-corrected chi connectivity index (χ3v) is 9.20. The lowest BCUT2D eigenvalue weighted by Gasteiger charge is -2.60. The second kappa shape index (κ2) is 7.14. The average Bonchev–Trinajstić information content (AvgIpc) is 2.97. The highest BCUT2D eigenvalue weighted by atomic mass is 16.5. The van der Waals surface area contributed by atoms with E-state index in [-0.39, 0.29) is 24.4 Å². The molecule has 5 nitrogen and oxygen atoms in total. The molecule has 0 aromatic rings. The number of ketones is 1. The van der Waals surface area contributed by atoms with E-state index >= 15 is 0 Å². The molecule has 4 saturated carbocycles. The summed E-state index contributed by atoms with van der Waals surface area (Å²) >= 11 is 0. The van der Waals surface area contributed by atoms with E-state index in [0.717, 1.165) is 51.4 Å². The SMILES string of the molecule is C[C@]12CCC(=O)C[C@H]1CC[C@@H]1[C@H]3CC[C@H](OC(=O)CCC(=O)[O-])[C@@]3(C)CC[C@@H]12. The molecule has 0 aromatic carbocycles. The molecule has 0 unspecified atom stereocenters. The number of carbonyl (C=O) groups is 3. The van der Waals surface area contributed by atoms with Gasteiger partial charge in [0.05, 0.1) is 6.42 Å². The van der Waals surface area contributed by atoms with Gasteiger partial charge in [-0.05, 0) is 80.5 Å². The fourth-order valence-electron chi connectivity index (χ4n) is 7.61. The number of aliphatic carboxylic acids is 1. The van der Waals surface area contributed by atoms with Crippen molar-refractivity contribution >= 4 is 17.7 Å². The van der Waals surface area contributed by atoms with Gasteiger partial charge in [-0.2, -0.15) is 0 Å². The van der Waals surface area contributed by atoms with Crippen LogP contribution in [0.25, 0.3) is 0 Å². The first-order valence-corrected chi connectivity index (χ1v) is 11.1. The molecule has 0 saturated heterocycles. The average molecular weight is 390 g/mol. The van der Waals surface area contributed by atoms with E-state index in [1.807, 2.05) is 0 Å². The van der Waals surface area contributed by atoms with Gasteiger partial charge < -0.3 is 14.6 Å². The Kier molecular flexibility index (Phi) is 5.08. The molecule has 4 rings (SSSR count). The van der Waals surface area contributed by atoms with Gasteiger partial charge in [-0.15, -0.1) is 0 Å². The zero-order chi connectivity index (χ0) is 20.1. The molecule has 4 aliphatic rings. The van der Waals surface area contributed by atoms with Crippen LogP contribution in [0, 0.1) is 34.5 Å². The maximum atomic E-state index is 12.1. The van der Waals surface area contributed by atoms with Gasteiger partial charge in [-0.3, -0.25) is 9.59 Å². The van der Waals surface area contributed by atoms with E-state index in [1.165, 1.54) is 6.42 Å². The number of hydrogen-bond donors (Lipinski definition) is 0. The Balaban J connectivity index is 1.47. The molecule has 4 aliphatic carbocycles. The van der Waals surface area contributed by atoms with Crippen molar-refractivity contribution in [3.8, 4) is 0 Å². The molecule has 0 aromatic heterocycles. The van der Waals surface area contributed by atoms with Crippen LogP contribution in [0.2, 0.25) is 0 Å². The first kappa shape index (κ1) is 19.9. The van der Waals surface area contributed by atoms with E-state index < -0.39 is 11.9 Å². The molecule has 0 amide bonds. The van der Waals surface area contributed by atoms with Crippen molar-refractivity contribution in [1.82, 2.24) is 0 Å². The van der Waals surface area contributed by atoms with Crippen LogP contribution in [0.4, 0.5) is 0 Å². The Morgan fingerprint density at radius 1 is 1.00 bits per heavy atom. The van der Waals surface area contributed by atoms with Crippen LogP contribution in [0.15, 0.2) is 0 Å². The Morgan fingerprint density at radius 2 is 1.75 bits per heavy atom. The number of carboxylic acid groups (broad SMARTS) is 1. The van der Waals surface area contributed by atoms with Crippen molar-refractivity contribution in [2.75, 3.05) is 0 Å². The zero-order valence-corrected chi connectivity index (χ0v) is 17.2. The van der Waals surface area contributed by atoms with E-state index in [0.29, 0.717) is 34.9 Å². The molecular formula is C23H33O5-. The maximum absolute atomic E-state index is 12.1. The van der Waals surface area contributed by atoms with E-state index in [9.17, 15) is 19.5 Å². The lowest BCUT2D eigenvalue weighted by Crippen LogP contribution is -2.54. The first-order chi connectivity index (χ1) is 13.2. The topological polar surface area (TPSA) is 83.5 Å². The summed E-state index contributed by atoms with van der Waals surface area (Å²) in [5.74, 6) is 1.32. The van der Waals surface area contributed by atoms with E-state index in [4.69, 9.17) is 4.74 Å². The molecule has 0 spiro atoms. The molecule has 0 radical (unpaired) electrons. The van der Waals surface area contributed by atoms with Gasteiger partial charge in [-0.25, -0.2) is 0 Å². The van der Waals surface area contributed by atoms with Crippen LogP contribution >= 0.6 is 0 Å². The first-order valence-electron chi connectivity index (χ1n) is 11.1. The summed E-state index contributed by atoms with van der Waals surface area (Å²) in [6, 6.07) is 0. The van der Waals surface area contributed by atoms with Crippen molar-refractivity contribution in [3.05, 3.63) is 0 Å². The Morgan fingerprint density at radius 3 is 2.50 bits per heavy atom. The van der Waals surface area contributed by atoms with Crippen molar-refractivity contribution in [3.63, 3.8) is 0 Å². The summed E-state index contributed by atoms with van der Waals surface area (Å²) in [4.78, 5) is 34.7. The second-order valence-corrected chi connectivity index (χ2v) is 10.4. The number of esters is 1. The second-order valence-electron chi connectivity index (χ2n) is 10.4. The van der Waals surface area contributed by atoms with Crippen LogP contribution in [0.1, 0.15) is 84.5 Å². The van der Waals surface area contributed by atoms with Crippen LogP contribution in [-0.2, 0) is 19.1 Å². The molecule has 5 heteroatoms. The lowest BCUT2D eigenvalue weighted by atomic mass is 9.45. The van der Waals surface area contributed by atoms with Crippen LogP contribution in [-0.4, -0.2) is 23.8 Å². The maximum Gasteiger partial charge on any atom is 0.306 e. The molecule has 0 aliphatic heterocycles. The predicted octanol–water partition coefficient (Wildman–Crippen LogP) is 3.04. The summed E-state index contributed by atoms with van der Waals surface area (Å²) in [5.41, 5.74) is 0.299. The number of fused-ring (bicyclic) bond motifs is 5. The van der Waals surface area contributed by atoms with Crippen LogP contribution in [0.3, 0.4) is 0 Å². The molecule has 0 N–H and O–H groups in total. The van der Waals surface area contributed by atoms with Gasteiger partial charge in [0.15, 0.2) is 0 Å². The van der Waals surface area contributed by atoms with Crippen LogP contribution in [0.5, 0.6) is 0 Å². The van der Waals surface area contributed by atoms with Crippen molar-refractivity contribution in [2.45, 2.75) is 90.6 Å². The minimum absolute atomic E-state index is 0.00594. The number of hydrogen-bond acceptors (Lipinski definition) is 5. The number of ether oxygens (including phenoxy) is 1. The predicted molar refractivity (Wildman–Crippen MR) is 101 cm³/mol. The normalized spacial score (nSPS) is 44.9. The van der Waals surface area contributed by atoms with Crippen molar-refractivity contribution < 1.29 is 24.2 Å². The van der Waals surface area contributed by atoms with Crippen molar-refractivity contribution in [1.29, 1.82) is 0 Å². The zero-order valence-electron chi connectivity index (χ0n) is 17.2. The van der Waals surface area contributed by atoms with Gasteiger partial charge in [0, 0.05) is 24.2 Å². The standard InChI is InChI=1S/C23H34O5/c1-22-11-9-15(24)13-14(22)3-4-16-17-5-6-19(23(17,2)12-10-18(16)22)28-21(27)8-7-20(25)26/h14,16-19H,3-13H2,1-2H3,(H,25,26)/p-1/t14-,16-,17-,18+,19+,22+,23+/m1/s1. The van der Waals surface area contributed by atoms with Crippen LogP contribution < -0.4 is 5.11 Å². The monoisotopic (exact) mass is 389 g/mol. The Labute approximate surface area is 167 Å². The molecule has 0 bridgehead atoms. The van der Waals surface area contributed by atoms with Gasteiger partial charge in [0.1, 0.15) is 11.9 Å². The number of Topliss-reactive ketones (excluding diaryl/α,β-unsaturated/α-hetero) is 1. The molecule has 0 heterocycles. The minimum Gasteiger partial charge on any atom is -0.550 e. The highest BCUT2D eigenvalue weighted by Gasteiger charge is 2.61. The van der Waals surface area contributed by atoms with Gasteiger partial charge in [0.2, 0.25) is 0 Å².